The maximum Gasteiger partial charge on any atom is 0.419 e. The van der Waals surface area contributed by atoms with Gasteiger partial charge in [0.1, 0.15) is 17.3 Å². The van der Waals surface area contributed by atoms with Gasteiger partial charge in [0.05, 0.1) is 18.0 Å². The highest BCUT2D eigenvalue weighted by molar-refractivity contribution is 5.93. The maximum absolute atomic E-state index is 14.5. The highest BCUT2D eigenvalue weighted by Gasteiger charge is 2.36. The van der Waals surface area contributed by atoms with E-state index in [9.17, 15) is 41.0 Å². The van der Waals surface area contributed by atoms with Crippen LogP contribution >= 0.6 is 0 Å². The van der Waals surface area contributed by atoms with Crippen molar-refractivity contribution in [2.24, 2.45) is 0 Å². The van der Waals surface area contributed by atoms with Crippen molar-refractivity contribution < 1.29 is 46.1 Å². The van der Waals surface area contributed by atoms with Gasteiger partial charge >= 0.3 is 12.1 Å². The van der Waals surface area contributed by atoms with Crippen molar-refractivity contribution in [1.29, 1.82) is 0 Å². The number of halogens is 6. The standard InChI is InChI=1S/C20H13F6N3O4/c21-9-4-5-15(12(22)6-9)29-16(30)7-14(28-29)19(33)27-13(8-17(31)32)10-2-1-3-11(18(10)23)20(24,25)26/h1-7,13,30H,8H2,(H,27,33)(H,31,32). The van der Waals surface area contributed by atoms with Crippen molar-refractivity contribution in [3.05, 3.63) is 76.7 Å². The first-order valence-electron chi connectivity index (χ1n) is 9.01. The Balaban J connectivity index is 1.95. The summed E-state index contributed by atoms with van der Waals surface area (Å²) < 4.78 is 81.1. The highest BCUT2D eigenvalue weighted by Crippen LogP contribution is 2.34. The van der Waals surface area contributed by atoms with Gasteiger partial charge in [-0.1, -0.05) is 12.1 Å². The highest BCUT2D eigenvalue weighted by atomic mass is 19.4. The summed E-state index contributed by atoms with van der Waals surface area (Å²) in [5.41, 5.74) is -3.43. The number of aromatic nitrogens is 2. The lowest BCUT2D eigenvalue weighted by Gasteiger charge is -2.19. The fraction of sp³-hybridized carbons (Fsp3) is 0.150. The number of aliphatic carboxylic acids is 1. The minimum absolute atomic E-state index is 0.432. The van der Waals surface area contributed by atoms with Gasteiger partial charge in [-0.05, 0) is 18.2 Å². The zero-order valence-corrected chi connectivity index (χ0v) is 16.2. The molecule has 33 heavy (non-hydrogen) atoms. The summed E-state index contributed by atoms with van der Waals surface area (Å²) in [6.45, 7) is 0. The zero-order chi connectivity index (χ0) is 24.5. The van der Waals surface area contributed by atoms with Crippen LogP contribution in [0.5, 0.6) is 5.88 Å². The number of hydrogen-bond acceptors (Lipinski definition) is 4. The van der Waals surface area contributed by atoms with E-state index in [0.29, 0.717) is 16.8 Å². The van der Waals surface area contributed by atoms with Gasteiger partial charge in [-0.3, -0.25) is 9.59 Å². The smallest absolute Gasteiger partial charge is 0.419 e. The van der Waals surface area contributed by atoms with Gasteiger partial charge in [-0.25, -0.2) is 13.2 Å². The summed E-state index contributed by atoms with van der Waals surface area (Å²) in [6.07, 6.45) is -6.05. The lowest BCUT2D eigenvalue weighted by molar-refractivity contribution is -0.140. The number of carbonyl (C=O) groups is 2. The molecule has 3 rings (SSSR count). The number of nitrogens with zero attached hydrogens (tertiary/aromatic N) is 2. The van der Waals surface area contributed by atoms with Crippen LogP contribution in [0.3, 0.4) is 0 Å². The second kappa shape index (κ2) is 8.84. The van der Waals surface area contributed by atoms with E-state index in [1.807, 2.05) is 5.32 Å². The van der Waals surface area contributed by atoms with Crippen LogP contribution in [0.4, 0.5) is 26.3 Å². The Morgan fingerprint density at radius 1 is 1.09 bits per heavy atom. The first-order chi connectivity index (χ1) is 15.4. The molecule has 2 aromatic carbocycles. The Kier molecular flexibility index (Phi) is 6.33. The van der Waals surface area contributed by atoms with E-state index in [1.54, 1.807) is 0 Å². The first kappa shape index (κ1) is 23.6. The fourth-order valence-corrected chi connectivity index (χ4v) is 3.00. The number of amides is 1. The number of carboxylic acid groups (broad SMARTS) is 1. The molecule has 0 spiro atoms. The number of hydrogen-bond donors (Lipinski definition) is 3. The monoisotopic (exact) mass is 473 g/mol. The number of carboxylic acids is 1. The van der Waals surface area contributed by atoms with Crippen LogP contribution in [0.1, 0.15) is 34.1 Å². The molecule has 3 N–H and O–H groups in total. The van der Waals surface area contributed by atoms with Crippen molar-refractivity contribution in [1.82, 2.24) is 15.1 Å². The van der Waals surface area contributed by atoms with Crippen LogP contribution in [0.2, 0.25) is 0 Å². The van der Waals surface area contributed by atoms with E-state index in [1.165, 1.54) is 0 Å². The molecular formula is C20H13F6N3O4. The second-order valence-electron chi connectivity index (χ2n) is 6.73. The van der Waals surface area contributed by atoms with Crippen molar-refractivity contribution in [2.75, 3.05) is 0 Å². The summed E-state index contributed by atoms with van der Waals surface area (Å²) in [5, 5.41) is 24.7. The molecule has 1 heterocycles. The van der Waals surface area contributed by atoms with Crippen LogP contribution < -0.4 is 5.32 Å². The molecular weight excluding hydrogens is 460 g/mol. The Labute approximate surface area is 180 Å². The molecule has 0 radical (unpaired) electrons. The number of aromatic hydroxyl groups is 1. The lowest BCUT2D eigenvalue weighted by Crippen LogP contribution is -2.31. The minimum Gasteiger partial charge on any atom is -0.493 e. The number of benzene rings is 2. The normalized spacial score (nSPS) is 12.4. The molecule has 0 saturated carbocycles. The molecule has 0 bridgehead atoms. The summed E-state index contributed by atoms with van der Waals surface area (Å²) >= 11 is 0. The second-order valence-corrected chi connectivity index (χ2v) is 6.73. The molecule has 13 heteroatoms. The van der Waals surface area contributed by atoms with Gasteiger partial charge in [0.25, 0.3) is 5.91 Å². The SMILES string of the molecule is O=C(O)CC(NC(=O)c1cc(O)n(-c2ccc(F)cc2F)n1)c1cccc(C(F)(F)F)c1F. The van der Waals surface area contributed by atoms with Gasteiger partial charge < -0.3 is 15.5 Å². The van der Waals surface area contributed by atoms with Crippen molar-refractivity contribution in [3.63, 3.8) is 0 Å². The van der Waals surface area contributed by atoms with Crippen molar-refractivity contribution in [3.8, 4) is 11.6 Å². The van der Waals surface area contributed by atoms with Gasteiger partial charge in [0, 0.05) is 17.7 Å². The van der Waals surface area contributed by atoms with Gasteiger partial charge in [-0.2, -0.15) is 23.0 Å². The Hall–Kier alpha value is -4.03. The van der Waals surface area contributed by atoms with Crippen LogP contribution in [-0.4, -0.2) is 31.9 Å². The molecule has 1 amide bonds. The lowest BCUT2D eigenvalue weighted by atomic mass is 9.99. The number of carbonyl (C=O) groups excluding carboxylic acids is 1. The van der Waals surface area contributed by atoms with Crippen molar-refractivity contribution >= 4 is 11.9 Å². The number of nitrogens with one attached hydrogen (secondary N) is 1. The predicted octanol–water partition coefficient (Wildman–Crippen LogP) is 3.96. The van der Waals surface area contributed by atoms with Gasteiger partial charge in [-0.15, -0.1) is 0 Å². The predicted molar refractivity (Wildman–Crippen MR) is 99.0 cm³/mol. The Morgan fingerprint density at radius 3 is 2.39 bits per heavy atom. The molecule has 3 aromatic rings. The van der Waals surface area contributed by atoms with Gasteiger partial charge in [0.15, 0.2) is 11.5 Å². The zero-order valence-electron chi connectivity index (χ0n) is 16.2. The van der Waals surface area contributed by atoms with E-state index in [-0.39, 0.29) is 0 Å². The molecule has 0 aliphatic heterocycles. The third-order valence-electron chi connectivity index (χ3n) is 4.45. The summed E-state index contributed by atoms with van der Waals surface area (Å²) in [5.74, 6) is -7.33. The molecule has 0 fully saturated rings. The molecule has 0 aliphatic carbocycles. The van der Waals surface area contributed by atoms with E-state index in [2.05, 4.69) is 5.10 Å². The van der Waals surface area contributed by atoms with Gasteiger partial charge in [0.2, 0.25) is 5.88 Å². The average Bonchev–Trinajstić information content (AvgIpc) is 3.08. The third-order valence-corrected chi connectivity index (χ3v) is 4.45. The largest absolute Gasteiger partial charge is 0.493 e. The molecule has 0 saturated heterocycles. The molecule has 0 aliphatic rings. The Bertz CT molecular complexity index is 1220. The molecule has 7 nitrogen and oxygen atoms in total. The Morgan fingerprint density at radius 2 is 1.79 bits per heavy atom. The number of rotatable bonds is 6. The van der Waals surface area contributed by atoms with Crippen molar-refractivity contribution in [2.45, 2.75) is 18.6 Å². The van der Waals surface area contributed by atoms with Crippen LogP contribution in [0.25, 0.3) is 5.69 Å². The van der Waals surface area contributed by atoms with Crippen LogP contribution in [-0.2, 0) is 11.0 Å². The minimum atomic E-state index is -5.07. The summed E-state index contributed by atoms with van der Waals surface area (Å²) in [7, 11) is 0. The maximum atomic E-state index is 14.5. The van der Waals surface area contributed by atoms with E-state index >= 15 is 0 Å². The first-order valence-corrected chi connectivity index (χ1v) is 9.01. The molecule has 1 atom stereocenters. The fourth-order valence-electron chi connectivity index (χ4n) is 3.00. The molecule has 1 unspecified atom stereocenters. The van der Waals surface area contributed by atoms with Crippen LogP contribution in [0.15, 0.2) is 42.5 Å². The summed E-state index contributed by atoms with van der Waals surface area (Å²) in [4.78, 5) is 23.7. The quantitative estimate of drug-likeness (QED) is 0.471. The number of alkyl halides is 3. The summed E-state index contributed by atoms with van der Waals surface area (Å²) in [6, 6.07) is 3.46. The van der Waals surface area contributed by atoms with E-state index in [0.717, 1.165) is 30.3 Å². The third kappa shape index (κ3) is 5.07. The molecule has 1 aromatic heterocycles. The molecule has 174 valence electrons. The van der Waals surface area contributed by atoms with Crippen LogP contribution in [0, 0.1) is 17.5 Å². The van der Waals surface area contributed by atoms with E-state index < -0.39 is 76.4 Å². The average molecular weight is 473 g/mol. The van der Waals surface area contributed by atoms with E-state index in [4.69, 9.17) is 5.11 Å². The topological polar surface area (TPSA) is 104 Å².